The maximum absolute atomic E-state index is 13.0. The zero-order valence-corrected chi connectivity index (χ0v) is 16.8. The van der Waals surface area contributed by atoms with Gasteiger partial charge >= 0.3 is 0 Å². The number of fused-ring (bicyclic) bond motifs is 1. The van der Waals surface area contributed by atoms with Gasteiger partial charge in [0.2, 0.25) is 11.8 Å². The third-order valence-corrected chi connectivity index (χ3v) is 6.23. The van der Waals surface area contributed by atoms with E-state index < -0.39 is 0 Å². The second-order valence-electron chi connectivity index (χ2n) is 8.22. The van der Waals surface area contributed by atoms with E-state index in [1.165, 1.54) is 48.2 Å². The number of aromatic nitrogens is 1. The van der Waals surface area contributed by atoms with E-state index in [0.717, 1.165) is 12.8 Å². The molecule has 0 radical (unpaired) electrons. The first-order valence-electron chi connectivity index (χ1n) is 10.3. The Morgan fingerprint density at radius 1 is 1.25 bits per heavy atom. The molecule has 2 amide bonds. The van der Waals surface area contributed by atoms with Gasteiger partial charge in [-0.2, -0.15) is 0 Å². The molecule has 5 heteroatoms. The number of nitrogens with zero attached hydrogens (tertiary/aromatic N) is 2. The number of hydrogen-bond acceptors (Lipinski definition) is 2. The minimum Gasteiger partial charge on any atom is -0.350 e. The third-order valence-electron chi connectivity index (χ3n) is 6.23. The van der Waals surface area contributed by atoms with Crippen molar-refractivity contribution in [1.29, 1.82) is 0 Å². The maximum atomic E-state index is 13.0. The van der Waals surface area contributed by atoms with Crippen LogP contribution >= 0.6 is 0 Å². The highest BCUT2D eigenvalue weighted by Crippen LogP contribution is 2.32. The summed E-state index contributed by atoms with van der Waals surface area (Å²) in [5.41, 5.74) is 3.79. The first-order valence-corrected chi connectivity index (χ1v) is 10.3. The van der Waals surface area contributed by atoms with Gasteiger partial charge in [-0.15, -0.1) is 0 Å². The molecular formula is C23H29N3O2. The van der Waals surface area contributed by atoms with E-state index in [2.05, 4.69) is 53.5 Å². The Morgan fingerprint density at radius 2 is 2.04 bits per heavy atom. The maximum Gasteiger partial charge on any atom is 0.245 e. The van der Waals surface area contributed by atoms with Crippen LogP contribution in [0, 0.1) is 5.92 Å². The zero-order valence-electron chi connectivity index (χ0n) is 16.8. The average Bonchev–Trinajstić information content (AvgIpc) is 3.00. The van der Waals surface area contributed by atoms with Gasteiger partial charge < -0.3 is 14.8 Å². The van der Waals surface area contributed by atoms with Crippen LogP contribution in [-0.4, -0.2) is 40.4 Å². The molecule has 148 valence electrons. The van der Waals surface area contributed by atoms with Crippen LogP contribution < -0.4 is 5.32 Å². The van der Waals surface area contributed by atoms with Crippen molar-refractivity contribution in [3.05, 3.63) is 42.1 Å². The molecule has 28 heavy (non-hydrogen) atoms. The topological polar surface area (TPSA) is 54.3 Å². The summed E-state index contributed by atoms with van der Waals surface area (Å²) in [6.07, 6.45) is 9.57. The molecular weight excluding hydrogens is 350 g/mol. The van der Waals surface area contributed by atoms with Gasteiger partial charge in [0, 0.05) is 49.7 Å². The largest absolute Gasteiger partial charge is 0.350 e. The van der Waals surface area contributed by atoms with Crippen LogP contribution in [-0.2, 0) is 16.6 Å². The lowest BCUT2D eigenvalue weighted by Gasteiger charge is -2.34. The standard InChI is InChI=1S/C23H29N3O2/c1-16(27)24-21(14-17-6-5-7-17)23(28)26-12-10-18(11-13-26)20-15-25(2)22-9-4-3-8-19(20)22/h3-4,8-10,15,17,21H,5-7,11-14H2,1-2H3,(H,24,27)/t21-/m1/s1. The van der Waals surface area contributed by atoms with Crippen LogP contribution in [0.25, 0.3) is 16.5 Å². The number of para-hydroxylation sites is 1. The van der Waals surface area contributed by atoms with Gasteiger partial charge in [0.15, 0.2) is 0 Å². The molecule has 2 aromatic rings. The van der Waals surface area contributed by atoms with Crippen molar-refractivity contribution in [1.82, 2.24) is 14.8 Å². The van der Waals surface area contributed by atoms with Crippen molar-refractivity contribution >= 4 is 28.3 Å². The minimum atomic E-state index is -0.379. The van der Waals surface area contributed by atoms with E-state index in [4.69, 9.17) is 0 Å². The van der Waals surface area contributed by atoms with E-state index >= 15 is 0 Å². The number of benzene rings is 1. The number of rotatable bonds is 5. The third kappa shape index (κ3) is 3.71. The second-order valence-corrected chi connectivity index (χ2v) is 8.22. The van der Waals surface area contributed by atoms with Crippen LogP contribution in [0.3, 0.4) is 0 Å². The van der Waals surface area contributed by atoms with E-state index in [9.17, 15) is 9.59 Å². The van der Waals surface area contributed by atoms with Crippen molar-refractivity contribution in [2.24, 2.45) is 13.0 Å². The van der Waals surface area contributed by atoms with Gasteiger partial charge in [0.25, 0.3) is 0 Å². The number of nitrogens with one attached hydrogen (secondary N) is 1. The van der Waals surface area contributed by atoms with Crippen molar-refractivity contribution in [2.45, 2.75) is 45.1 Å². The second kappa shape index (κ2) is 7.82. The Kier molecular flexibility index (Phi) is 5.25. The molecule has 2 aliphatic rings. The first-order chi connectivity index (χ1) is 13.5. The molecule has 5 nitrogen and oxygen atoms in total. The molecule has 0 bridgehead atoms. The predicted molar refractivity (Wildman–Crippen MR) is 112 cm³/mol. The molecule has 1 N–H and O–H groups in total. The molecule has 0 unspecified atom stereocenters. The summed E-state index contributed by atoms with van der Waals surface area (Å²) in [6.45, 7) is 2.81. The highest BCUT2D eigenvalue weighted by atomic mass is 16.2. The van der Waals surface area contributed by atoms with Crippen LogP contribution in [0.1, 0.15) is 44.6 Å². The summed E-state index contributed by atoms with van der Waals surface area (Å²) >= 11 is 0. The summed E-state index contributed by atoms with van der Waals surface area (Å²) in [6, 6.07) is 8.05. The van der Waals surface area contributed by atoms with Gasteiger partial charge in [-0.1, -0.05) is 43.5 Å². The van der Waals surface area contributed by atoms with Gasteiger partial charge in [0.05, 0.1) is 0 Å². The lowest BCUT2D eigenvalue weighted by molar-refractivity contribution is -0.136. The van der Waals surface area contributed by atoms with E-state index in [1.54, 1.807) is 0 Å². The average molecular weight is 380 g/mol. The molecule has 4 rings (SSSR count). The molecule has 1 aliphatic heterocycles. The van der Waals surface area contributed by atoms with Crippen molar-refractivity contribution in [3.8, 4) is 0 Å². The lowest BCUT2D eigenvalue weighted by Crippen LogP contribution is -2.50. The number of aryl methyl sites for hydroxylation is 1. The quantitative estimate of drug-likeness (QED) is 0.865. The Bertz CT molecular complexity index is 923. The fraction of sp³-hybridized carbons (Fsp3) is 0.478. The van der Waals surface area contributed by atoms with E-state index in [0.29, 0.717) is 19.0 Å². The number of hydrogen-bond donors (Lipinski definition) is 1. The van der Waals surface area contributed by atoms with Crippen molar-refractivity contribution in [3.63, 3.8) is 0 Å². The Hall–Kier alpha value is -2.56. The molecule has 1 fully saturated rings. The normalized spacial score (nSPS) is 18.5. The molecule has 1 saturated carbocycles. The zero-order chi connectivity index (χ0) is 19.7. The summed E-state index contributed by atoms with van der Waals surface area (Å²) < 4.78 is 2.16. The Morgan fingerprint density at radius 3 is 2.68 bits per heavy atom. The highest BCUT2D eigenvalue weighted by molar-refractivity contribution is 5.94. The SMILES string of the molecule is CC(=O)N[C@H](CC1CCC1)C(=O)N1CC=C(c2cn(C)c3ccccc23)CC1. The molecule has 1 aliphatic carbocycles. The lowest BCUT2D eigenvalue weighted by atomic mass is 9.80. The monoisotopic (exact) mass is 379 g/mol. The Balaban J connectivity index is 1.48. The summed E-state index contributed by atoms with van der Waals surface area (Å²) in [5, 5.41) is 4.15. The minimum absolute atomic E-state index is 0.0651. The van der Waals surface area contributed by atoms with Crippen molar-refractivity contribution < 1.29 is 9.59 Å². The van der Waals surface area contributed by atoms with Gasteiger partial charge in [-0.05, 0) is 30.4 Å². The van der Waals surface area contributed by atoms with Gasteiger partial charge in [-0.3, -0.25) is 9.59 Å². The summed E-state index contributed by atoms with van der Waals surface area (Å²) in [7, 11) is 2.07. The molecule has 1 aromatic heterocycles. The highest BCUT2D eigenvalue weighted by Gasteiger charge is 2.31. The predicted octanol–water partition coefficient (Wildman–Crippen LogP) is 3.49. The van der Waals surface area contributed by atoms with Crippen molar-refractivity contribution in [2.75, 3.05) is 13.1 Å². The van der Waals surface area contributed by atoms with E-state index in [-0.39, 0.29) is 17.9 Å². The number of carbonyl (C=O) groups is 2. The van der Waals surface area contributed by atoms with Crippen LogP contribution in [0.15, 0.2) is 36.5 Å². The van der Waals surface area contributed by atoms with E-state index in [1.807, 2.05) is 4.90 Å². The number of carbonyl (C=O) groups excluding carboxylic acids is 2. The molecule has 1 aromatic carbocycles. The van der Waals surface area contributed by atoms with Gasteiger partial charge in [-0.25, -0.2) is 0 Å². The summed E-state index contributed by atoms with van der Waals surface area (Å²) in [5.74, 6) is 0.518. The molecule has 0 spiro atoms. The smallest absolute Gasteiger partial charge is 0.245 e. The fourth-order valence-corrected chi connectivity index (χ4v) is 4.46. The van der Waals surface area contributed by atoms with Crippen LogP contribution in [0.4, 0.5) is 0 Å². The number of amides is 2. The first kappa shape index (κ1) is 18.8. The molecule has 2 heterocycles. The van der Waals surface area contributed by atoms with Gasteiger partial charge in [0.1, 0.15) is 6.04 Å². The molecule has 0 saturated heterocycles. The molecule has 1 atom stereocenters. The fourth-order valence-electron chi connectivity index (χ4n) is 4.46. The summed E-state index contributed by atoms with van der Waals surface area (Å²) in [4.78, 5) is 26.5. The Labute approximate surface area is 166 Å². The van der Waals surface area contributed by atoms with Crippen LogP contribution in [0.5, 0.6) is 0 Å². The van der Waals surface area contributed by atoms with Crippen LogP contribution in [0.2, 0.25) is 0 Å².